The molecular weight excluding hydrogens is 426 g/mol. The first-order valence-electron chi connectivity index (χ1n) is 8.56. The first-order valence-corrected chi connectivity index (χ1v) is 10.8. The molecule has 0 unspecified atom stereocenters. The molecule has 0 radical (unpaired) electrons. The van der Waals surface area contributed by atoms with Crippen molar-refractivity contribution < 1.29 is 8.42 Å². The van der Waals surface area contributed by atoms with Gasteiger partial charge in [-0.1, -0.05) is 40.2 Å². The summed E-state index contributed by atoms with van der Waals surface area (Å²) in [4.78, 5) is 0.293. The summed E-state index contributed by atoms with van der Waals surface area (Å²) in [5.41, 5.74) is 4.68. The number of sulfonamides is 1. The summed E-state index contributed by atoms with van der Waals surface area (Å²) in [6.07, 6.45) is 0. The molecule has 3 aromatic rings. The molecule has 0 amide bonds. The maximum absolute atomic E-state index is 12.9. The summed E-state index contributed by atoms with van der Waals surface area (Å²) in [5.74, 6) is 0. The van der Waals surface area contributed by atoms with E-state index in [0.717, 1.165) is 21.3 Å². The topological polar surface area (TPSA) is 64.0 Å². The molecule has 1 N–H and O–H groups in total. The van der Waals surface area contributed by atoms with Crippen molar-refractivity contribution in [1.82, 2.24) is 9.78 Å². The number of nitrogens with one attached hydrogen (secondary N) is 1. The van der Waals surface area contributed by atoms with E-state index in [9.17, 15) is 8.42 Å². The van der Waals surface area contributed by atoms with Crippen LogP contribution in [0.25, 0.3) is 0 Å². The van der Waals surface area contributed by atoms with Crippen LogP contribution >= 0.6 is 15.9 Å². The molecule has 1 heterocycles. The fourth-order valence-corrected chi connectivity index (χ4v) is 4.72. The summed E-state index contributed by atoms with van der Waals surface area (Å²) >= 11 is 3.43. The third kappa shape index (κ3) is 4.25. The van der Waals surface area contributed by atoms with Crippen molar-refractivity contribution >= 4 is 31.6 Å². The van der Waals surface area contributed by atoms with Gasteiger partial charge in [0, 0.05) is 4.47 Å². The second kappa shape index (κ2) is 7.48. The largest absolute Gasteiger partial charge is 0.276 e. The van der Waals surface area contributed by atoms with Crippen LogP contribution in [0.5, 0.6) is 0 Å². The number of benzene rings is 2. The highest BCUT2D eigenvalue weighted by molar-refractivity contribution is 9.10. The van der Waals surface area contributed by atoms with E-state index in [2.05, 4.69) is 25.8 Å². The maximum Gasteiger partial charge on any atom is 0.262 e. The van der Waals surface area contributed by atoms with E-state index in [0.29, 0.717) is 28.4 Å². The average molecular weight is 448 g/mol. The molecule has 0 saturated carbocycles. The Bertz CT molecular complexity index is 1090. The van der Waals surface area contributed by atoms with E-state index in [1.54, 1.807) is 13.0 Å². The highest BCUT2D eigenvalue weighted by atomic mass is 79.9. The molecule has 7 heteroatoms. The van der Waals surface area contributed by atoms with Crippen LogP contribution in [0.2, 0.25) is 0 Å². The van der Waals surface area contributed by atoms with Crippen molar-refractivity contribution in [2.75, 3.05) is 4.72 Å². The van der Waals surface area contributed by atoms with Gasteiger partial charge in [0.25, 0.3) is 10.0 Å². The molecule has 142 valence electrons. The zero-order valence-electron chi connectivity index (χ0n) is 15.7. The van der Waals surface area contributed by atoms with E-state index >= 15 is 0 Å². The minimum Gasteiger partial charge on any atom is -0.276 e. The lowest BCUT2D eigenvalue weighted by Crippen LogP contribution is -2.15. The molecule has 3 rings (SSSR count). The minimum absolute atomic E-state index is 0.293. The van der Waals surface area contributed by atoms with Crippen LogP contribution in [0.4, 0.5) is 5.69 Å². The maximum atomic E-state index is 12.9. The van der Waals surface area contributed by atoms with Crippen LogP contribution in [0, 0.1) is 27.7 Å². The number of hydrogen-bond donors (Lipinski definition) is 1. The highest BCUT2D eigenvalue weighted by Crippen LogP contribution is 2.26. The lowest BCUT2D eigenvalue weighted by molar-refractivity contribution is 0.600. The van der Waals surface area contributed by atoms with Crippen molar-refractivity contribution in [3.63, 3.8) is 0 Å². The Kier molecular flexibility index (Phi) is 5.44. The van der Waals surface area contributed by atoms with Crippen LogP contribution in [0.15, 0.2) is 51.8 Å². The molecule has 0 spiro atoms. The van der Waals surface area contributed by atoms with Crippen LogP contribution in [0.3, 0.4) is 0 Å². The highest BCUT2D eigenvalue weighted by Gasteiger charge is 2.21. The SMILES string of the molecule is Cc1ccc(C)c(S(=O)(=O)Nc2c(C)nn(Cc3ccc(Br)cc3)c2C)c1. The van der Waals surface area contributed by atoms with Crippen molar-refractivity contribution in [2.24, 2.45) is 0 Å². The quantitative estimate of drug-likeness (QED) is 0.614. The van der Waals surface area contributed by atoms with E-state index in [1.165, 1.54) is 0 Å². The van der Waals surface area contributed by atoms with Gasteiger partial charge in [-0.25, -0.2) is 8.42 Å². The standard InChI is InChI=1S/C20H22BrN3O2S/c1-13-5-6-14(2)19(11-13)27(25,26)23-20-15(3)22-24(16(20)4)12-17-7-9-18(21)10-8-17/h5-11,23H,12H2,1-4H3. The number of aromatic nitrogens is 2. The molecule has 0 saturated heterocycles. The smallest absolute Gasteiger partial charge is 0.262 e. The van der Waals surface area contributed by atoms with Gasteiger partial charge in [-0.3, -0.25) is 9.40 Å². The fraction of sp³-hybridized carbons (Fsp3) is 0.250. The second-order valence-corrected chi connectivity index (χ2v) is 9.27. The van der Waals surface area contributed by atoms with E-state index in [4.69, 9.17) is 0 Å². The number of halogens is 1. The Morgan fingerprint density at radius 1 is 1.04 bits per heavy atom. The summed E-state index contributed by atoms with van der Waals surface area (Å²) in [6.45, 7) is 7.94. The number of hydrogen-bond acceptors (Lipinski definition) is 3. The lowest BCUT2D eigenvalue weighted by Gasteiger charge is -2.12. The van der Waals surface area contributed by atoms with Gasteiger partial charge in [0.2, 0.25) is 0 Å². The predicted octanol–water partition coefficient (Wildman–Crippen LogP) is 4.73. The molecule has 2 aromatic carbocycles. The van der Waals surface area contributed by atoms with E-state index in [-0.39, 0.29) is 0 Å². The summed E-state index contributed by atoms with van der Waals surface area (Å²) in [6, 6.07) is 13.4. The van der Waals surface area contributed by atoms with E-state index < -0.39 is 10.0 Å². The third-order valence-corrected chi connectivity index (χ3v) is 6.52. The minimum atomic E-state index is -3.69. The molecule has 0 aliphatic heterocycles. The summed E-state index contributed by atoms with van der Waals surface area (Å²) < 4.78 is 31.4. The van der Waals surface area contributed by atoms with Crippen LogP contribution < -0.4 is 4.72 Å². The van der Waals surface area contributed by atoms with Gasteiger partial charge in [-0.15, -0.1) is 0 Å². The number of aryl methyl sites for hydroxylation is 3. The van der Waals surface area contributed by atoms with Crippen LogP contribution in [-0.4, -0.2) is 18.2 Å². The van der Waals surface area contributed by atoms with Gasteiger partial charge >= 0.3 is 0 Å². The molecule has 0 bridgehead atoms. The Balaban J connectivity index is 1.92. The molecule has 0 aliphatic rings. The Morgan fingerprint density at radius 3 is 2.37 bits per heavy atom. The van der Waals surface area contributed by atoms with E-state index in [1.807, 2.05) is 61.9 Å². The van der Waals surface area contributed by atoms with Gasteiger partial charge in [-0.2, -0.15) is 5.10 Å². The molecule has 5 nitrogen and oxygen atoms in total. The monoisotopic (exact) mass is 447 g/mol. The van der Waals surface area contributed by atoms with Crippen LogP contribution in [-0.2, 0) is 16.6 Å². The Labute approximate surface area is 168 Å². The summed E-state index contributed by atoms with van der Waals surface area (Å²) in [5, 5.41) is 4.52. The van der Waals surface area contributed by atoms with Gasteiger partial charge in [-0.05, 0) is 62.6 Å². The number of rotatable bonds is 5. The average Bonchev–Trinajstić information content (AvgIpc) is 2.86. The molecule has 1 aromatic heterocycles. The van der Waals surface area contributed by atoms with Crippen molar-refractivity contribution in [1.29, 1.82) is 0 Å². The number of nitrogens with zero attached hydrogens (tertiary/aromatic N) is 2. The van der Waals surface area contributed by atoms with Gasteiger partial charge in [0.15, 0.2) is 0 Å². The second-order valence-electron chi connectivity index (χ2n) is 6.70. The summed E-state index contributed by atoms with van der Waals surface area (Å²) in [7, 11) is -3.69. The van der Waals surface area contributed by atoms with Gasteiger partial charge in [0.05, 0.1) is 28.5 Å². The molecule has 0 atom stereocenters. The number of anilines is 1. The zero-order chi connectivity index (χ0) is 19.8. The first-order chi connectivity index (χ1) is 12.7. The zero-order valence-corrected chi connectivity index (χ0v) is 18.1. The molecule has 27 heavy (non-hydrogen) atoms. The predicted molar refractivity (Wildman–Crippen MR) is 112 cm³/mol. The Hall–Kier alpha value is -2.12. The van der Waals surface area contributed by atoms with Gasteiger partial charge < -0.3 is 0 Å². The first kappa shape index (κ1) is 19.6. The van der Waals surface area contributed by atoms with Crippen molar-refractivity contribution in [3.8, 4) is 0 Å². The molecule has 0 aliphatic carbocycles. The molecule has 0 fully saturated rings. The third-order valence-electron chi connectivity index (χ3n) is 4.50. The lowest BCUT2D eigenvalue weighted by atomic mass is 10.2. The van der Waals surface area contributed by atoms with Gasteiger partial charge in [0.1, 0.15) is 0 Å². The Morgan fingerprint density at radius 2 is 1.70 bits per heavy atom. The van der Waals surface area contributed by atoms with Crippen LogP contribution in [0.1, 0.15) is 28.1 Å². The fourth-order valence-electron chi connectivity index (χ4n) is 2.95. The normalized spacial score (nSPS) is 11.6. The van der Waals surface area contributed by atoms with Crippen molar-refractivity contribution in [2.45, 2.75) is 39.1 Å². The van der Waals surface area contributed by atoms with Crippen molar-refractivity contribution in [3.05, 3.63) is 75.0 Å². The molecular formula is C20H22BrN3O2S.